The van der Waals surface area contributed by atoms with Gasteiger partial charge in [-0.25, -0.2) is 0 Å². The van der Waals surface area contributed by atoms with E-state index in [1.807, 2.05) is 7.11 Å². The molecule has 0 aromatic heterocycles. The van der Waals surface area contributed by atoms with Crippen LogP contribution in [0.25, 0.3) is 0 Å². The standard InChI is InChI=1S/C15H28O/c1-12-6-8-14(9-7-12)13-4-3-5-15(16-2)11-10-13/h12-15H,3-11H2,1-2H3. The van der Waals surface area contributed by atoms with Gasteiger partial charge in [0.05, 0.1) is 6.10 Å². The van der Waals surface area contributed by atoms with E-state index in [-0.39, 0.29) is 0 Å². The van der Waals surface area contributed by atoms with Crippen LogP contribution in [0.3, 0.4) is 0 Å². The van der Waals surface area contributed by atoms with E-state index in [1.54, 1.807) is 0 Å². The zero-order valence-corrected chi connectivity index (χ0v) is 11.1. The second kappa shape index (κ2) is 6.05. The summed E-state index contributed by atoms with van der Waals surface area (Å²) < 4.78 is 5.52. The van der Waals surface area contributed by atoms with Crippen molar-refractivity contribution in [2.45, 2.75) is 70.8 Å². The minimum absolute atomic E-state index is 0.563. The molecule has 94 valence electrons. The van der Waals surface area contributed by atoms with Gasteiger partial charge in [-0.2, -0.15) is 0 Å². The fraction of sp³-hybridized carbons (Fsp3) is 1.00. The van der Waals surface area contributed by atoms with Crippen molar-refractivity contribution in [1.82, 2.24) is 0 Å². The molecule has 2 unspecified atom stereocenters. The molecule has 1 nitrogen and oxygen atoms in total. The monoisotopic (exact) mass is 224 g/mol. The fourth-order valence-corrected chi connectivity index (χ4v) is 3.76. The van der Waals surface area contributed by atoms with Crippen LogP contribution in [-0.2, 0) is 4.74 Å². The van der Waals surface area contributed by atoms with E-state index < -0.39 is 0 Å². The highest BCUT2D eigenvalue weighted by atomic mass is 16.5. The first-order chi connectivity index (χ1) is 7.79. The number of hydrogen-bond acceptors (Lipinski definition) is 1. The average molecular weight is 224 g/mol. The third-order valence-electron chi connectivity index (χ3n) is 5.02. The molecule has 0 bridgehead atoms. The lowest BCUT2D eigenvalue weighted by Crippen LogP contribution is -2.20. The summed E-state index contributed by atoms with van der Waals surface area (Å²) in [7, 11) is 1.88. The third kappa shape index (κ3) is 3.23. The highest BCUT2D eigenvalue weighted by Gasteiger charge is 2.28. The van der Waals surface area contributed by atoms with Crippen LogP contribution in [0.4, 0.5) is 0 Å². The van der Waals surface area contributed by atoms with Gasteiger partial charge >= 0.3 is 0 Å². The number of hydrogen-bond donors (Lipinski definition) is 0. The summed E-state index contributed by atoms with van der Waals surface area (Å²) in [6, 6.07) is 0. The van der Waals surface area contributed by atoms with Crippen molar-refractivity contribution < 1.29 is 4.74 Å². The molecule has 2 fully saturated rings. The minimum atomic E-state index is 0.563. The van der Waals surface area contributed by atoms with Crippen molar-refractivity contribution in [3.63, 3.8) is 0 Å². The first-order valence-corrected chi connectivity index (χ1v) is 7.32. The maximum atomic E-state index is 5.52. The van der Waals surface area contributed by atoms with Crippen LogP contribution in [0.5, 0.6) is 0 Å². The van der Waals surface area contributed by atoms with Crippen LogP contribution in [0.15, 0.2) is 0 Å². The Morgan fingerprint density at radius 3 is 2.06 bits per heavy atom. The maximum Gasteiger partial charge on any atom is 0.0571 e. The van der Waals surface area contributed by atoms with Gasteiger partial charge in [0.2, 0.25) is 0 Å². The molecule has 0 radical (unpaired) electrons. The van der Waals surface area contributed by atoms with Crippen LogP contribution < -0.4 is 0 Å². The predicted octanol–water partition coefficient (Wildman–Crippen LogP) is 4.41. The quantitative estimate of drug-likeness (QED) is 0.631. The molecule has 2 rings (SSSR count). The van der Waals surface area contributed by atoms with E-state index >= 15 is 0 Å². The summed E-state index contributed by atoms with van der Waals surface area (Å²) in [6.45, 7) is 2.42. The molecule has 2 aliphatic rings. The zero-order chi connectivity index (χ0) is 11.4. The van der Waals surface area contributed by atoms with Crippen molar-refractivity contribution in [2.75, 3.05) is 7.11 Å². The predicted molar refractivity (Wildman–Crippen MR) is 68.5 cm³/mol. The Bertz CT molecular complexity index is 194. The van der Waals surface area contributed by atoms with Crippen molar-refractivity contribution in [2.24, 2.45) is 17.8 Å². The van der Waals surface area contributed by atoms with Gasteiger partial charge in [0.1, 0.15) is 0 Å². The number of ether oxygens (including phenoxy) is 1. The van der Waals surface area contributed by atoms with Crippen molar-refractivity contribution in [3.05, 3.63) is 0 Å². The van der Waals surface area contributed by atoms with Crippen LogP contribution in [0.1, 0.15) is 64.7 Å². The smallest absolute Gasteiger partial charge is 0.0571 e. The lowest BCUT2D eigenvalue weighted by molar-refractivity contribution is 0.0870. The summed E-state index contributed by atoms with van der Waals surface area (Å²) in [5.74, 6) is 3.06. The number of rotatable bonds is 2. The van der Waals surface area contributed by atoms with Gasteiger partial charge in [0, 0.05) is 7.11 Å². The summed E-state index contributed by atoms with van der Waals surface area (Å²) in [6.07, 6.45) is 13.4. The molecule has 2 aliphatic carbocycles. The van der Waals surface area contributed by atoms with Gasteiger partial charge in [-0.1, -0.05) is 32.6 Å². The number of methoxy groups -OCH3 is 1. The first-order valence-electron chi connectivity index (χ1n) is 7.32. The van der Waals surface area contributed by atoms with Crippen molar-refractivity contribution in [3.8, 4) is 0 Å². The molecule has 0 aromatic rings. The maximum absolute atomic E-state index is 5.52. The molecule has 2 atom stereocenters. The Morgan fingerprint density at radius 2 is 1.38 bits per heavy atom. The molecule has 0 aromatic carbocycles. The second-order valence-corrected chi connectivity index (χ2v) is 6.15. The van der Waals surface area contributed by atoms with Gasteiger partial charge < -0.3 is 4.74 Å². The normalized spacial score (nSPS) is 41.6. The largest absolute Gasteiger partial charge is 0.381 e. The van der Waals surface area contributed by atoms with Gasteiger partial charge in [0.15, 0.2) is 0 Å². The first kappa shape index (κ1) is 12.4. The van der Waals surface area contributed by atoms with E-state index in [0.717, 1.165) is 17.8 Å². The van der Waals surface area contributed by atoms with Crippen LogP contribution in [0.2, 0.25) is 0 Å². The average Bonchev–Trinajstić information content (AvgIpc) is 2.55. The lowest BCUT2D eigenvalue weighted by atomic mass is 9.74. The van der Waals surface area contributed by atoms with Crippen LogP contribution in [-0.4, -0.2) is 13.2 Å². The van der Waals surface area contributed by atoms with E-state index in [1.165, 1.54) is 57.8 Å². The van der Waals surface area contributed by atoms with Crippen LogP contribution >= 0.6 is 0 Å². The molecule has 0 amide bonds. The molecule has 0 heterocycles. The summed E-state index contributed by atoms with van der Waals surface area (Å²) >= 11 is 0. The Balaban J connectivity index is 1.80. The molecule has 16 heavy (non-hydrogen) atoms. The van der Waals surface area contributed by atoms with E-state index in [0.29, 0.717) is 6.10 Å². The second-order valence-electron chi connectivity index (χ2n) is 6.15. The highest BCUT2D eigenvalue weighted by molar-refractivity contribution is 4.79. The van der Waals surface area contributed by atoms with Gasteiger partial charge in [0.25, 0.3) is 0 Å². The van der Waals surface area contributed by atoms with Gasteiger partial charge in [-0.05, 0) is 49.9 Å². The summed E-state index contributed by atoms with van der Waals surface area (Å²) in [4.78, 5) is 0. The summed E-state index contributed by atoms with van der Waals surface area (Å²) in [5, 5.41) is 0. The summed E-state index contributed by atoms with van der Waals surface area (Å²) in [5.41, 5.74) is 0. The molecule has 0 spiro atoms. The molecular weight excluding hydrogens is 196 g/mol. The Morgan fingerprint density at radius 1 is 0.750 bits per heavy atom. The Labute approximate surface area is 101 Å². The zero-order valence-electron chi connectivity index (χ0n) is 11.1. The molecule has 0 N–H and O–H groups in total. The lowest BCUT2D eigenvalue weighted by Gasteiger charge is -2.32. The Hall–Kier alpha value is -0.0400. The molecule has 1 heteroatoms. The van der Waals surface area contributed by atoms with Crippen molar-refractivity contribution in [1.29, 1.82) is 0 Å². The molecule has 0 saturated heterocycles. The third-order valence-corrected chi connectivity index (χ3v) is 5.02. The van der Waals surface area contributed by atoms with Gasteiger partial charge in [-0.3, -0.25) is 0 Å². The van der Waals surface area contributed by atoms with E-state index in [9.17, 15) is 0 Å². The van der Waals surface area contributed by atoms with Crippen LogP contribution in [0, 0.1) is 17.8 Å². The highest BCUT2D eigenvalue weighted by Crippen LogP contribution is 2.39. The van der Waals surface area contributed by atoms with E-state index in [4.69, 9.17) is 4.74 Å². The Kier molecular flexibility index (Phi) is 4.69. The molecular formula is C15H28O. The SMILES string of the molecule is COC1CCCC(C2CCC(C)CC2)CC1. The molecule has 2 saturated carbocycles. The molecule has 0 aliphatic heterocycles. The topological polar surface area (TPSA) is 9.23 Å². The van der Waals surface area contributed by atoms with E-state index in [2.05, 4.69) is 6.92 Å². The minimum Gasteiger partial charge on any atom is -0.381 e. The van der Waals surface area contributed by atoms with Crippen molar-refractivity contribution >= 4 is 0 Å². The van der Waals surface area contributed by atoms with Gasteiger partial charge in [-0.15, -0.1) is 0 Å². The fourth-order valence-electron chi connectivity index (χ4n) is 3.76.